The first-order chi connectivity index (χ1) is 13.2. The Kier molecular flexibility index (Phi) is 6.63. The number of imidazole rings is 1. The number of aliphatic hydroxyl groups is 2. The standard InChI is InChI=1S/C22H26N2O3/c1-2-8-17-9-3-6-12-21(17)27-16-18(26)15-24-20-11-5-4-10-19(20)23-22(24)13-7-14-25/h2-6,9-12,18,25-26H,1,7-8,13-16H2. The monoisotopic (exact) mass is 366 g/mol. The average molecular weight is 366 g/mol. The minimum atomic E-state index is -0.674. The fourth-order valence-corrected chi connectivity index (χ4v) is 3.18. The number of aromatic nitrogens is 2. The van der Waals surface area contributed by atoms with Crippen molar-refractivity contribution < 1.29 is 14.9 Å². The lowest BCUT2D eigenvalue weighted by molar-refractivity contribution is 0.0922. The maximum Gasteiger partial charge on any atom is 0.122 e. The molecule has 0 radical (unpaired) electrons. The van der Waals surface area contributed by atoms with Crippen molar-refractivity contribution in [2.24, 2.45) is 0 Å². The highest BCUT2D eigenvalue weighted by Crippen LogP contribution is 2.20. The van der Waals surface area contributed by atoms with Gasteiger partial charge < -0.3 is 19.5 Å². The predicted octanol–water partition coefficient (Wildman–Crippen LogP) is 3.13. The van der Waals surface area contributed by atoms with E-state index in [4.69, 9.17) is 9.84 Å². The van der Waals surface area contributed by atoms with Gasteiger partial charge in [0.25, 0.3) is 0 Å². The molecule has 1 atom stereocenters. The molecule has 0 saturated carbocycles. The Balaban J connectivity index is 1.72. The van der Waals surface area contributed by atoms with Crippen LogP contribution in [0.25, 0.3) is 11.0 Å². The molecule has 2 N–H and O–H groups in total. The zero-order valence-electron chi connectivity index (χ0n) is 15.4. The molecule has 2 aromatic carbocycles. The first-order valence-corrected chi connectivity index (χ1v) is 9.27. The number of para-hydroxylation sites is 3. The number of fused-ring (bicyclic) bond motifs is 1. The Labute approximate surface area is 159 Å². The Morgan fingerprint density at radius 2 is 1.93 bits per heavy atom. The molecule has 0 aliphatic heterocycles. The van der Waals surface area contributed by atoms with E-state index in [1.54, 1.807) is 0 Å². The van der Waals surface area contributed by atoms with Gasteiger partial charge in [-0.1, -0.05) is 36.4 Å². The van der Waals surface area contributed by atoms with Gasteiger partial charge in [-0.2, -0.15) is 0 Å². The minimum absolute atomic E-state index is 0.120. The molecule has 5 heteroatoms. The van der Waals surface area contributed by atoms with Crippen molar-refractivity contribution in [3.05, 3.63) is 72.6 Å². The van der Waals surface area contributed by atoms with E-state index in [1.807, 2.05) is 59.2 Å². The molecule has 3 rings (SSSR count). The number of nitrogens with zero attached hydrogens (tertiary/aromatic N) is 2. The topological polar surface area (TPSA) is 67.5 Å². The van der Waals surface area contributed by atoms with E-state index < -0.39 is 6.10 Å². The van der Waals surface area contributed by atoms with Gasteiger partial charge in [0.1, 0.15) is 24.3 Å². The van der Waals surface area contributed by atoms with Crippen LogP contribution in [-0.4, -0.2) is 39.1 Å². The average Bonchev–Trinajstić information content (AvgIpc) is 3.03. The van der Waals surface area contributed by atoms with Crippen LogP contribution in [0.4, 0.5) is 0 Å². The van der Waals surface area contributed by atoms with Crippen molar-refractivity contribution in [2.75, 3.05) is 13.2 Å². The van der Waals surface area contributed by atoms with Gasteiger partial charge in [0, 0.05) is 13.0 Å². The van der Waals surface area contributed by atoms with Crippen molar-refractivity contribution in [3.63, 3.8) is 0 Å². The lowest BCUT2D eigenvalue weighted by Crippen LogP contribution is -2.25. The van der Waals surface area contributed by atoms with Gasteiger partial charge in [-0.3, -0.25) is 0 Å². The Morgan fingerprint density at radius 3 is 2.74 bits per heavy atom. The largest absolute Gasteiger partial charge is 0.491 e. The van der Waals surface area contributed by atoms with Gasteiger partial charge in [-0.15, -0.1) is 6.58 Å². The number of rotatable bonds is 10. The number of hydrogen-bond acceptors (Lipinski definition) is 4. The Bertz CT molecular complexity index is 888. The lowest BCUT2D eigenvalue weighted by Gasteiger charge is -2.17. The molecule has 0 fully saturated rings. The molecule has 5 nitrogen and oxygen atoms in total. The van der Waals surface area contributed by atoms with Crippen LogP contribution in [0.3, 0.4) is 0 Å². The Morgan fingerprint density at radius 1 is 1.15 bits per heavy atom. The van der Waals surface area contributed by atoms with Crippen LogP contribution >= 0.6 is 0 Å². The number of aryl methyl sites for hydroxylation is 1. The highest BCUT2D eigenvalue weighted by atomic mass is 16.5. The fourth-order valence-electron chi connectivity index (χ4n) is 3.18. The first-order valence-electron chi connectivity index (χ1n) is 9.27. The van der Waals surface area contributed by atoms with Crippen LogP contribution < -0.4 is 4.74 Å². The molecular weight excluding hydrogens is 340 g/mol. The lowest BCUT2D eigenvalue weighted by atomic mass is 10.1. The molecule has 0 saturated heterocycles. The molecule has 0 aliphatic carbocycles. The number of hydrogen-bond donors (Lipinski definition) is 2. The van der Waals surface area contributed by atoms with Gasteiger partial charge in [0.05, 0.1) is 17.6 Å². The van der Waals surface area contributed by atoms with Crippen LogP contribution in [0.1, 0.15) is 17.8 Å². The third-order valence-corrected chi connectivity index (χ3v) is 4.45. The van der Waals surface area contributed by atoms with Crippen LogP contribution in [0.15, 0.2) is 61.2 Å². The second-order valence-corrected chi connectivity index (χ2v) is 6.52. The molecule has 0 bridgehead atoms. The fraction of sp³-hybridized carbons (Fsp3) is 0.318. The highest BCUT2D eigenvalue weighted by Gasteiger charge is 2.15. The summed E-state index contributed by atoms with van der Waals surface area (Å²) in [4.78, 5) is 4.65. The number of aliphatic hydroxyl groups excluding tert-OH is 2. The van der Waals surface area contributed by atoms with Gasteiger partial charge in [0.15, 0.2) is 0 Å². The first kappa shape index (κ1) is 19.1. The SMILES string of the molecule is C=CCc1ccccc1OCC(O)Cn1c(CCCO)nc2ccccc21. The minimum Gasteiger partial charge on any atom is -0.491 e. The summed E-state index contributed by atoms with van der Waals surface area (Å²) in [6.45, 7) is 4.48. The van der Waals surface area contributed by atoms with E-state index in [9.17, 15) is 5.11 Å². The quantitative estimate of drug-likeness (QED) is 0.541. The van der Waals surface area contributed by atoms with Crippen molar-refractivity contribution >= 4 is 11.0 Å². The summed E-state index contributed by atoms with van der Waals surface area (Å²) in [5, 5.41) is 19.7. The zero-order chi connectivity index (χ0) is 19.1. The van der Waals surface area contributed by atoms with Crippen LogP contribution in [-0.2, 0) is 19.4 Å². The number of allylic oxidation sites excluding steroid dienone is 1. The van der Waals surface area contributed by atoms with E-state index in [-0.39, 0.29) is 13.2 Å². The van der Waals surface area contributed by atoms with Crippen LogP contribution in [0, 0.1) is 0 Å². The van der Waals surface area contributed by atoms with Gasteiger partial charge in [-0.25, -0.2) is 4.98 Å². The number of ether oxygens (including phenoxy) is 1. The van der Waals surface area contributed by atoms with Crippen molar-refractivity contribution in [1.82, 2.24) is 9.55 Å². The summed E-state index contributed by atoms with van der Waals surface area (Å²) in [7, 11) is 0. The molecule has 142 valence electrons. The Hall–Kier alpha value is -2.63. The maximum atomic E-state index is 10.6. The molecule has 1 heterocycles. The third-order valence-electron chi connectivity index (χ3n) is 4.45. The maximum absolute atomic E-state index is 10.6. The zero-order valence-corrected chi connectivity index (χ0v) is 15.4. The summed E-state index contributed by atoms with van der Waals surface area (Å²) in [6, 6.07) is 15.7. The number of benzene rings is 2. The molecule has 0 amide bonds. The van der Waals surface area contributed by atoms with Gasteiger partial charge in [0.2, 0.25) is 0 Å². The summed E-state index contributed by atoms with van der Waals surface area (Å²) in [5.41, 5.74) is 2.93. The molecule has 27 heavy (non-hydrogen) atoms. The van der Waals surface area contributed by atoms with Gasteiger partial charge >= 0.3 is 0 Å². The highest BCUT2D eigenvalue weighted by molar-refractivity contribution is 5.75. The van der Waals surface area contributed by atoms with Crippen molar-refractivity contribution in [3.8, 4) is 5.75 Å². The third kappa shape index (κ3) is 4.76. The molecule has 1 unspecified atom stereocenters. The van der Waals surface area contributed by atoms with Crippen LogP contribution in [0.5, 0.6) is 5.75 Å². The summed E-state index contributed by atoms with van der Waals surface area (Å²) >= 11 is 0. The van der Waals surface area contributed by atoms with Crippen molar-refractivity contribution in [1.29, 1.82) is 0 Å². The molecule has 3 aromatic rings. The van der Waals surface area contributed by atoms with E-state index in [0.29, 0.717) is 19.4 Å². The second-order valence-electron chi connectivity index (χ2n) is 6.52. The van der Waals surface area contributed by atoms with E-state index in [0.717, 1.165) is 34.6 Å². The second kappa shape index (κ2) is 9.35. The normalized spacial score (nSPS) is 12.2. The summed E-state index contributed by atoms with van der Waals surface area (Å²) < 4.78 is 7.88. The molecular formula is C22H26N2O3. The van der Waals surface area contributed by atoms with Crippen LogP contribution in [0.2, 0.25) is 0 Å². The molecule has 1 aromatic heterocycles. The molecule has 0 aliphatic rings. The summed E-state index contributed by atoms with van der Waals surface area (Å²) in [6.07, 6.45) is 3.20. The van der Waals surface area contributed by atoms with E-state index in [1.165, 1.54) is 0 Å². The van der Waals surface area contributed by atoms with E-state index in [2.05, 4.69) is 11.6 Å². The summed E-state index contributed by atoms with van der Waals surface area (Å²) in [5.74, 6) is 1.64. The smallest absolute Gasteiger partial charge is 0.122 e. The van der Waals surface area contributed by atoms with Crippen molar-refractivity contribution in [2.45, 2.75) is 31.9 Å². The molecule has 0 spiro atoms. The van der Waals surface area contributed by atoms with E-state index >= 15 is 0 Å². The predicted molar refractivity (Wildman–Crippen MR) is 107 cm³/mol. The van der Waals surface area contributed by atoms with Gasteiger partial charge in [-0.05, 0) is 36.6 Å².